The summed E-state index contributed by atoms with van der Waals surface area (Å²) in [6.45, 7) is 0. The van der Waals surface area contributed by atoms with Crippen molar-refractivity contribution in [2.75, 3.05) is 0 Å². The van der Waals surface area contributed by atoms with Crippen molar-refractivity contribution in [3.05, 3.63) is 29.8 Å². The van der Waals surface area contributed by atoms with Crippen molar-refractivity contribution in [2.24, 2.45) is 7.05 Å². The maximum Gasteiger partial charge on any atom is 1.00 e. The first-order valence-corrected chi connectivity index (χ1v) is 4.38. The molecule has 0 bridgehead atoms. The van der Waals surface area contributed by atoms with Crippen LogP contribution in [0.3, 0.4) is 0 Å². The third-order valence-corrected chi connectivity index (χ3v) is 2.24. The Bertz CT molecular complexity index is 539. The smallest absolute Gasteiger partial charge is 0.550 e. The standard InChI is InChI=1S/C10H9FN2O2.Na/c1-13-8-3-2-6(11)4-7(8)12-9(13)5-10(14)15;/h2-4H,5H2,1H3,(H,14,15);/q;+1/p-1. The monoisotopic (exact) mass is 230 g/mol. The maximum atomic E-state index is 12.9. The summed E-state index contributed by atoms with van der Waals surface area (Å²) >= 11 is 0. The number of hydrogen-bond donors (Lipinski definition) is 0. The molecule has 4 nitrogen and oxygen atoms in total. The second-order valence-corrected chi connectivity index (χ2v) is 3.27. The van der Waals surface area contributed by atoms with Crippen LogP contribution in [-0.2, 0) is 18.3 Å². The first kappa shape index (κ1) is 13.2. The van der Waals surface area contributed by atoms with Gasteiger partial charge in [-0.15, -0.1) is 0 Å². The summed E-state index contributed by atoms with van der Waals surface area (Å²) < 4.78 is 14.5. The van der Waals surface area contributed by atoms with Crippen LogP contribution in [0, 0.1) is 5.82 Å². The summed E-state index contributed by atoms with van der Waals surface area (Å²) in [6.07, 6.45) is -0.271. The molecular formula is C10H8FN2NaO2. The van der Waals surface area contributed by atoms with Gasteiger partial charge in [0.1, 0.15) is 11.6 Å². The number of rotatable bonds is 2. The van der Waals surface area contributed by atoms with E-state index in [1.54, 1.807) is 17.7 Å². The van der Waals surface area contributed by atoms with Crippen LogP contribution < -0.4 is 34.7 Å². The molecule has 0 radical (unpaired) electrons. The Labute approximate surface area is 113 Å². The van der Waals surface area contributed by atoms with Crippen molar-refractivity contribution < 1.29 is 43.8 Å². The molecule has 16 heavy (non-hydrogen) atoms. The second kappa shape index (κ2) is 4.95. The molecule has 78 valence electrons. The molecule has 0 aliphatic rings. The summed E-state index contributed by atoms with van der Waals surface area (Å²) in [5.41, 5.74) is 1.15. The zero-order valence-corrected chi connectivity index (χ0v) is 11.0. The topological polar surface area (TPSA) is 58.0 Å². The van der Waals surface area contributed by atoms with E-state index in [0.29, 0.717) is 16.9 Å². The van der Waals surface area contributed by atoms with Crippen molar-refractivity contribution in [3.63, 3.8) is 0 Å². The van der Waals surface area contributed by atoms with Crippen molar-refractivity contribution in [1.29, 1.82) is 0 Å². The van der Waals surface area contributed by atoms with E-state index in [-0.39, 0.29) is 41.8 Å². The molecule has 0 saturated carbocycles. The van der Waals surface area contributed by atoms with Crippen LogP contribution in [0.15, 0.2) is 18.2 Å². The number of halogens is 1. The van der Waals surface area contributed by atoms with E-state index in [2.05, 4.69) is 4.98 Å². The van der Waals surface area contributed by atoms with Crippen LogP contribution in [0.25, 0.3) is 11.0 Å². The number of fused-ring (bicyclic) bond motifs is 1. The number of carboxylic acid groups (broad SMARTS) is 1. The van der Waals surface area contributed by atoms with Crippen LogP contribution >= 0.6 is 0 Å². The number of benzene rings is 1. The van der Waals surface area contributed by atoms with Gasteiger partial charge >= 0.3 is 29.6 Å². The van der Waals surface area contributed by atoms with Gasteiger partial charge in [0.25, 0.3) is 0 Å². The molecule has 0 atom stereocenters. The van der Waals surface area contributed by atoms with Crippen molar-refractivity contribution in [2.45, 2.75) is 6.42 Å². The number of carbonyl (C=O) groups is 1. The summed E-state index contributed by atoms with van der Waals surface area (Å²) in [4.78, 5) is 14.4. The Hall–Kier alpha value is -0.910. The fourth-order valence-corrected chi connectivity index (χ4v) is 1.51. The van der Waals surface area contributed by atoms with Gasteiger partial charge in [0.15, 0.2) is 0 Å². The number of aliphatic carboxylic acids is 1. The number of carboxylic acids is 1. The van der Waals surface area contributed by atoms with Crippen LogP contribution in [0.5, 0.6) is 0 Å². The van der Waals surface area contributed by atoms with Crippen LogP contribution in [0.1, 0.15) is 5.82 Å². The number of carbonyl (C=O) groups excluding carboxylic acids is 1. The van der Waals surface area contributed by atoms with E-state index >= 15 is 0 Å². The van der Waals surface area contributed by atoms with Gasteiger partial charge in [-0.2, -0.15) is 0 Å². The van der Waals surface area contributed by atoms with Crippen LogP contribution in [0.4, 0.5) is 4.39 Å². The predicted molar refractivity (Wildman–Crippen MR) is 49.4 cm³/mol. The van der Waals surface area contributed by atoms with Gasteiger partial charge in [-0.25, -0.2) is 9.37 Å². The van der Waals surface area contributed by atoms with E-state index in [1.165, 1.54) is 12.1 Å². The Morgan fingerprint density at radius 1 is 1.56 bits per heavy atom. The summed E-state index contributed by atoms with van der Waals surface area (Å²) in [7, 11) is 1.69. The fourth-order valence-electron chi connectivity index (χ4n) is 1.51. The predicted octanol–water partition coefficient (Wildman–Crippen LogP) is -2.99. The van der Waals surface area contributed by atoms with E-state index in [9.17, 15) is 14.3 Å². The molecule has 0 aliphatic carbocycles. The minimum atomic E-state index is -1.20. The average Bonchev–Trinajstić information content (AvgIpc) is 2.42. The zero-order chi connectivity index (χ0) is 11.0. The number of nitrogens with zero attached hydrogens (tertiary/aromatic N) is 2. The van der Waals surface area contributed by atoms with Gasteiger partial charge in [-0.1, -0.05) is 0 Å². The van der Waals surface area contributed by atoms with Gasteiger partial charge in [0.05, 0.1) is 11.0 Å². The average molecular weight is 230 g/mol. The molecule has 0 N–H and O–H groups in total. The number of imidazole rings is 1. The molecule has 0 amide bonds. The molecule has 1 heterocycles. The van der Waals surface area contributed by atoms with Crippen molar-refractivity contribution in [1.82, 2.24) is 9.55 Å². The van der Waals surface area contributed by atoms with Gasteiger partial charge in [0, 0.05) is 25.5 Å². The molecule has 1 aromatic heterocycles. The number of hydrogen-bond acceptors (Lipinski definition) is 3. The van der Waals surface area contributed by atoms with Crippen LogP contribution in [-0.4, -0.2) is 15.5 Å². The Morgan fingerprint density at radius 2 is 2.25 bits per heavy atom. The van der Waals surface area contributed by atoms with E-state index in [1.807, 2.05) is 0 Å². The first-order valence-electron chi connectivity index (χ1n) is 4.38. The molecule has 0 aliphatic heterocycles. The van der Waals surface area contributed by atoms with Gasteiger partial charge in [-0.3, -0.25) is 0 Å². The van der Waals surface area contributed by atoms with Crippen molar-refractivity contribution in [3.8, 4) is 0 Å². The molecule has 1 aromatic carbocycles. The SMILES string of the molecule is Cn1c(CC(=O)[O-])nc2cc(F)ccc21.[Na+]. The largest absolute Gasteiger partial charge is 1.00 e. The molecular weight excluding hydrogens is 222 g/mol. The third kappa shape index (κ3) is 2.42. The Kier molecular flexibility index (Phi) is 4.07. The summed E-state index contributed by atoms with van der Waals surface area (Å²) in [6, 6.07) is 4.15. The van der Waals surface area contributed by atoms with Gasteiger partial charge < -0.3 is 14.5 Å². The molecule has 0 unspecified atom stereocenters. The molecule has 0 fully saturated rings. The molecule has 2 aromatic rings. The number of aromatic nitrogens is 2. The first-order chi connectivity index (χ1) is 7.08. The van der Waals surface area contributed by atoms with E-state index in [0.717, 1.165) is 0 Å². The molecule has 6 heteroatoms. The third-order valence-electron chi connectivity index (χ3n) is 2.24. The Balaban J connectivity index is 0.00000128. The van der Waals surface area contributed by atoms with Gasteiger partial charge in [0.2, 0.25) is 0 Å². The Morgan fingerprint density at radius 3 is 2.88 bits per heavy atom. The summed E-state index contributed by atoms with van der Waals surface area (Å²) in [5, 5.41) is 10.4. The van der Waals surface area contributed by atoms with Gasteiger partial charge in [-0.05, 0) is 12.1 Å². The zero-order valence-electron chi connectivity index (χ0n) is 9.03. The quantitative estimate of drug-likeness (QED) is 0.517. The van der Waals surface area contributed by atoms with Crippen LogP contribution in [0.2, 0.25) is 0 Å². The molecule has 0 spiro atoms. The maximum absolute atomic E-state index is 12.9. The molecule has 0 saturated heterocycles. The fraction of sp³-hybridized carbons (Fsp3) is 0.200. The van der Waals surface area contributed by atoms with E-state index < -0.39 is 5.97 Å². The van der Waals surface area contributed by atoms with E-state index in [4.69, 9.17) is 0 Å². The molecule has 2 rings (SSSR count). The van der Waals surface area contributed by atoms with Crippen molar-refractivity contribution >= 4 is 17.0 Å². The number of aryl methyl sites for hydroxylation is 1. The minimum absolute atomic E-state index is 0. The normalized spacial score (nSPS) is 10.1. The minimum Gasteiger partial charge on any atom is -0.550 e. The summed E-state index contributed by atoms with van der Waals surface area (Å²) in [5.74, 6) is -1.23. The second-order valence-electron chi connectivity index (χ2n) is 3.27.